The molecule has 0 aliphatic carbocycles. The van der Waals surface area contributed by atoms with Gasteiger partial charge in [0.05, 0.1) is 23.0 Å². The number of carbonyl (C=O) groups excluding carboxylic acids is 1. The molecular weight excluding hydrogens is 441 g/mol. The molecule has 6 nitrogen and oxygen atoms in total. The zero-order chi connectivity index (χ0) is 24.7. The Morgan fingerprint density at radius 1 is 1.26 bits per heavy atom. The fourth-order valence-corrected chi connectivity index (χ4v) is 5.61. The molecule has 2 fully saturated rings. The van der Waals surface area contributed by atoms with Crippen molar-refractivity contribution in [3.05, 3.63) is 59.3 Å². The van der Waals surface area contributed by atoms with Gasteiger partial charge < -0.3 is 19.7 Å². The standard InChI is InChI=1S/C28H36FN5O/c1-18(2)32(4)28(35)24-10-23(29)5-6-25(24)34-17-22(27-19(3)11-31-13-26(27)34)9-21-15-33(16-21)14-20-7-8-30-12-20/h5-6,10-11,13,17-18,20-21,30H,7-9,12,14-16H2,1-4H3. The fourth-order valence-electron chi connectivity index (χ4n) is 5.61. The minimum Gasteiger partial charge on any atom is -0.339 e. The number of hydrogen-bond acceptors (Lipinski definition) is 4. The Hall–Kier alpha value is -2.77. The van der Waals surface area contributed by atoms with E-state index in [0.717, 1.165) is 49.6 Å². The van der Waals surface area contributed by atoms with Crippen molar-refractivity contribution >= 4 is 16.8 Å². The van der Waals surface area contributed by atoms with Gasteiger partial charge in [0.25, 0.3) is 5.91 Å². The molecule has 1 aromatic carbocycles. The highest BCUT2D eigenvalue weighted by atomic mass is 19.1. The van der Waals surface area contributed by atoms with E-state index in [2.05, 4.69) is 28.3 Å². The number of pyridine rings is 1. The fraction of sp³-hybridized carbons (Fsp3) is 0.500. The number of fused-ring (bicyclic) bond motifs is 1. The van der Waals surface area contributed by atoms with Crippen molar-refractivity contribution in [2.45, 2.75) is 39.7 Å². The van der Waals surface area contributed by atoms with Crippen LogP contribution in [0.5, 0.6) is 0 Å². The lowest BCUT2D eigenvalue weighted by Crippen LogP contribution is -2.49. The minimum absolute atomic E-state index is 0.0149. The molecule has 35 heavy (non-hydrogen) atoms. The molecule has 2 aromatic heterocycles. The number of halogens is 1. The number of aromatic nitrogens is 2. The van der Waals surface area contributed by atoms with Gasteiger partial charge in [0.1, 0.15) is 5.82 Å². The summed E-state index contributed by atoms with van der Waals surface area (Å²) in [4.78, 5) is 21.9. The molecule has 1 unspecified atom stereocenters. The maximum atomic E-state index is 14.3. The van der Waals surface area contributed by atoms with Gasteiger partial charge in [-0.3, -0.25) is 9.78 Å². The maximum Gasteiger partial charge on any atom is 0.256 e. The van der Waals surface area contributed by atoms with Crippen molar-refractivity contribution in [2.24, 2.45) is 11.8 Å². The second-order valence-electron chi connectivity index (χ2n) is 10.7. The van der Waals surface area contributed by atoms with Crippen molar-refractivity contribution < 1.29 is 9.18 Å². The minimum atomic E-state index is -0.410. The van der Waals surface area contributed by atoms with E-state index in [-0.39, 0.29) is 11.9 Å². The Bertz CT molecular complexity index is 1220. The van der Waals surface area contributed by atoms with Crippen LogP contribution in [0.4, 0.5) is 4.39 Å². The first-order valence-corrected chi connectivity index (χ1v) is 12.8. The average Bonchev–Trinajstić information content (AvgIpc) is 3.45. The summed E-state index contributed by atoms with van der Waals surface area (Å²) in [6.07, 6.45) is 8.17. The van der Waals surface area contributed by atoms with Crippen molar-refractivity contribution in [3.8, 4) is 5.69 Å². The third-order valence-corrected chi connectivity index (χ3v) is 7.74. The Morgan fingerprint density at radius 2 is 2.06 bits per heavy atom. The first-order valence-electron chi connectivity index (χ1n) is 12.8. The topological polar surface area (TPSA) is 53.4 Å². The lowest BCUT2D eigenvalue weighted by atomic mass is 9.90. The molecule has 3 aromatic rings. The third kappa shape index (κ3) is 4.71. The Kier molecular flexibility index (Phi) is 6.64. The molecule has 1 N–H and O–H groups in total. The van der Waals surface area contributed by atoms with Gasteiger partial charge in [-0.1, -0.05) is 0 Å². The van der Waals surface area contributed by atoms with E-state index in [0.29, 0.717) is 17.2 Å². The first kappa shape index (κ1) is 23.9. The molecule has 4 heterocycles. The monoisotopic (exact) mass is 477 g/mol. The lowest BCUT2D eigenvalue weighted by molar-refractivity contribution is 0.0754. The van der Waals surface area contributed by atoms with Gasteiger partial charge in [0.2, 0.25) is 0 Å². The highest BCUT2D eigenvalue weighted by Gasteiger charge is 2.31. The number of rotatable bonds is 7. The number of nitrogens with one attached hydrogen (secondary N) is 1. The number of benzene rings is 1. The molecule has 7 heteroatoms. The van der Waals surface area contributed by atoms with Crippen LogP contribution >= 0.6 is 0 Å². The van der Waals surface area contributed by atoms with Crippen molar-refractivity contribution in [1.29, 1.82) is 0 Å². The predicted octanol–water partition coefficient (Wildman–Crippen LogP) is 4.04. The third-order valence-electron chi connectivity index (χ3n) is 7.74. The van der Waals surface area contributed by atoms with E-state index in [1.165, 1.54) is 36.0 Å². The Labute approximate surface area is 207 Å². The largest absolute Gasteiger partial charge is 0.339 e. The molecule has 0 spiro atoms. The Morgan fingerprint density at radius 3 is 2.77 bits per heavy atom. The van der Waals surface area contributed by atoms with Gasteiger partial charge in [0, 0.05) is 50.5 Å². The predicted molar refractivity (Wildman–Crippen MR) is 138 cm³/mol. The number of nitrogens with zero attached hydrogens (tertiary/aromatic N) is 4. The van der Waals surface area contributed by atoms with Crippen LogP contribution in [0.15, 0.2) is 36.8 Å². The van der Waals surface area contributed by atoms with Crippen LogP contribution in [-0.4, -0.2) is 71.1 Å². The van der Waals surface area contributed by atoms with E-state index in [4.69, 9.17) is 0 Å². The first-order chi connectivity index (χ1) is 16.8. The number of likely N-dealkylation sites (tertiary alicyclic amines) is 1. The van der Waals surface area contributed by atoms with Gasteiger partial charge in [-0.15, -0.1) is 0 Å². The lowest BCUT2D eigenvalue weighted by Gasteiger charge is -2.40. The highest BCUT2D eigenvalue weighted by Crippen LogP contribution is 2.32. The molecule has 0 bridgehead atoms. The molecule has 186 valence electrons. The van der Waals surface area contributed by atoms with Crippen molar-refractivity contribution in [1.82, 2.24) is 24.7 Å². The van der Waals surface area contributed by atoms with Crippen molar-refractivity contribution in [3.63, 3.8) is 0 Å². The van der Waals surface area contributed by atoms with Gasteiger partial charge in [-0.2, -0.15) is 0 Å². The van der Waals surface area contributed by atoms with E-state index in [1.807, 2.05) is 30.8 Å². The molecule has 0 saturated carbocycles. The van der Waals surface area contributed by atoms with Crippen LogP contribution in [-0.2, 0) is 6.42 Å². The molecule has 2 aliphatic rings. The highest BCUT2D eigenvalue weighted by molar-refractivity contribution is 5.99. The summed E-state index contributed by atoms with van der Waals surface area (Å²) in [5, 5.41) is 4.66. The summed E-state index contributed by atoms with van der Waals surface area (Å²) in [6, 6.07) is 4.51. The normalized spacial score (nSPS) is 19.0. The Balaban J connectivity index is 1.46. The number of amides is 1. The SMILES string of the molecule is Cc1cncc2c1c(CC1CN(CC3CCNC3)C1)cn2-c1ccc(F)cc1C(=O)N(C)C(C)C. The smallest absolute Gasteiger partial charge is 0.256 e. The maximum absolute atomic E-state index is 14.3. The molecule has 1 amide bonds. The van der Waals surface area contributed by atoms with E-state index in [1.54, 1.807) is 18.0 Å². The summed E-state index contributed by atoms with van der Waals surface area (Å²) < 4.78 is 16.3. The second kappa shape index (κ2) is 9.70. The van der Waals surface area contributed by atoms with Crippen LogP contribution in [0.3, 0.4) is 0 Å². The average molecular weight is 478 g/mol. The summed E-state index contributed by atoms with van der Waals surface area (Å²) >= 11 is 0. The molecule has 2 saturated heterocycles. The summed E-state index contributed by atoms with van der Waals surface area (Å²) in [5.41, 5.74) is 4.41. The van der Waals surface area contributed by atoms with Crippen molar-refractivity contribution in [2.75, 3.05) is 39.8 Å². The number of hydrogen-bond donors (Lipinski definition) is 1. The van der Waals surface area contributed by atoms with Gasteiger partial charge in [0.15, 0.2) is 0 Å². The van der Waals surface area contributed by atoms with Gasteiger partial charge in [-0.05, 0) is 87.9 Å². The number of carbonyl (C=O) groups is 1. The molecular formula is C28H36FN5O. The molecule has 5 rings (SSSR count). The summed E-state index contributed by atoms with van der Waals surface area (Å²) in [5.74, 6) is 0.809. The van der Waals surface area contributed by atoms with Crippen LogP contribution < -0.4 is 5.32 Å². The molecule has 1 atom stereocenters. The molecule has 2 aliphatic heterocycles. The van der Waals surface area contributed by atoms with Crippen LogP contribution in [0.1, 0.15) is 41.8 Å². The second-order valence-corrected chi connectivity index (χ2v) is 10.7. The van der Waals surface area contributed by atoms with Crippen LogP contribution in [0.25, 0.3) is 16.6 Å². The quantitative estimate of drug-likeness (QED) is 0.558. The van der Waals surface area contributed by atoms with Crippen LogP contribution in [0, 0.1) is 24.6 Å². The summed E-state index contributed by atoms with van der Waals surface area (Å²) in [6.45, 7) is 11.8. The van der Waals surface area contributed by atoms with E-state index in [9.17, 15) is 9.18 Å². The zero-order valence-electron chi connectivity index (χ0n) is 21.2. The zero-order valence-corrected chi connectivity index (χ0v) is 21.2. The van der Waals surface area contributed by atoms with Gasteiger partial charge >= 0.3 is 0 Å². The van der Waals surface area contributed by atoms with Gasteiger partial charge in [-0.25, -0.2) is 4.39 Å². The summed E-state index contributed by atoms with van der Waals surface area (Å²) in [7, 11) is 1.76. The van der Waals surface area contributed by atoms with E-state index >= 15 is 0 Å². The number of aryl methyl sites for hydroxylation is 1. The van der Waals surface area contributed by atoms with Crippen LogP contribution in [0.2, 0.25) is 0 Å². The molecule has 0 radical (unpaired) electrons. The van der Waals surface area contributed by atoms with E-state index < -0.39 is 5.82 Å².